The van der Waals surface area contributed by atoms with Gasteiger partial charge in [-0.15, -0.1) is 0 Å². The molecule has 0 aromatic heterocycles. The van der Waals surface area contributed by atoms with Crippen molar-refractivity contribution < 1.29 is 13.2 Å². The van der Waals surface area contributed by atoms with Crippen LogP contribution in [0.1, 0.15) is 24.9 Å². The number of sulfone groups is 1. The zero-order valence-corrected chi connectivity index (χ0v) is 14.1. The number of likely N-dealkylation sites (N-methyl/N-ethyl adjacent to an activating group) is 1. The fourth-order valence-corrected chi connectivity index (χ4v) is 2.95. The SMILES string of the molecule is CCC(N)C(c1cccc(OC)c1)N(C)CCS(C)(=O)=O. The number of nitrogens with two attached hydrogens (primary N) is 1. The molecular weight excluding hydrogens is 288 g/mol. The van der Waals surface area contributed by atoms with Gasteiger partial charge in [0.05, 0.1) is 12.9 Å². The molecule has 0 aliphatic rings. The Morgan fingerprint density at radius 1 is 1.38 bits per heavy atom. The largest absolute Gasteiger partial charge is 0.497 e. The molecule has 6 heteroatoms. The maximum absolute atomic E-state index is 11.4. The Balaban J connectivity index is 2.99. The second kappa shape index (κ2) is 7.77. The van der Waals surface area contributed by atoms with Crippen LogP contribution >= 0.6 is 0 Å². The molecule has 0 aliphatic carbocycles. The summed E-state index contributed by atoms with van der Waals surface area (Å²) in [4.78, 5) is 2.00. The van der Waals surface area contributed by atoms with Crippen molar-refractivity contribution in [2.75, 3.05) is 32.7 Å². The molecule has 0 amide bonds. The zero-order valence-electron chi connectivity index (χ0n) is 13.2. The van der Waals surface area contributed by atoms with E-state index in [1.165, 1.54) is 6.26 Å². The van der Waals surface area contributed by atoms with Gasteiger partial charge in [0.15, 0.2) is 0 Å². The van der Waals surface area contributed by atoms with E-state index in [9.17, 15) is 8.42 Å². The number of nitrogens with zero attached hydrogens (tertiary/aromatic N) is 1. The molecule has 2 atom stereocenters. The van der Waals surface area contributed by atoms with Crippen LogP contribution < -0.4 is 10.5 Å². The second-order valence-corrected chi connectivity index (χ2v) is 7.66. The summed E-state index contributed by atoms with van der Waals surface area (Å²) >= 11 is 0. The molecule has 0 heterocycles. The van der Waals surface area contributed by atoms with Gasteiger partial charge in [-0.25, -0.2) is 8.42 Å². The quantitative estimate of drug-likeness (QED) is 0.786. The Morgan fingerprint density at radius 3 is 2.57 bits per heavy atom. The van der Waals surface area contributed by atoms with E-state index in [1.54, 1.807) is 7.11 Å². The molecule has 0 spiro atoms. The van der Waals surface area contributed by atoms with Crippen molar-refractivity contribution in [3.8, 4) is 5.75 Å². The molecule has 1 aromatic carbocycles. The standard InChI is InChI=1S/C15H26N2O3S/c1-5-14(16)15(17(2)9-10-21(4,18)19)12-7-6-8-13(11-12)20-3/h6-8,11,14-15H,5,9-10,16H2,1-4H3. The first kappa shape index (κ1) is 17.9. The first-order valence-electron chi connectivity index (χ1n) is 7.06. The van der Waals surface area contributed by atoms with Crippen LogP contribution in [0.25, 0.3) is 0 Å². The number of hydrogen-bond acceptors (Lipinski definition) is 5. The maximum atomic E-state index is 11.4. The molecule has 2 unspecified atom stereocenters. The monoisotopic (exact) mass is 314 g/mol. The van der Waals surface area contributed by atoms with Crippen molar-refractivity contribution in [2.24, 2.45) is 5.73 Å². The van der Waals surface area contributed by atoms with Crippen molar-refractivity contribution in [1.29, 1.82) is 0 Å². The highest BCUT2D eigenvalue weighted by Crippen LogP contribution is 2.26. The van der Waals surface area contributed by atoms with Crippen LogP contribution in [0.2, 0.25) is 0 Å². The van der Waals surface area contributed by atoms with Gasteiger partial charge in [-0.05, 0) is 31.2 Å². The van der Waals surface area contributed by atoms with Gasteiger partial charge in [-0.2, -0.15) is 0 Å². The number of benzene rings is 1. The Morgan fingerprint density at radius 2 is 2.05 bits per heavy atom. The molecule has 0 radical (unpaired) electrons. The van der Waals surface area contributed by atoms with Crippen molar-refractivity contribution >= 4 is 9.84 Å². The summed E-state index contributed by atoms with van der Waals surface area (Å²) in [5, 5.41) is 0. The third-order valence-corrected chi connectivity index (χ3v) is 4.53. The fraction of sp³-hybridized carbons (Fsp3) is 0.600. The van der Waals surface area contributed by atoms with Gasteiger partial charge in [0.2, 0.25) is 0 Å². The molecule has 2 N–H and O–H groups in total. The third-order valence-electron chi connectivity index (χ3n) is 3.60. The van der Waals surface area contributed by atoms with Crippen molar-refractivity contribution in [3.05, 3.63) is 29.8 Å². The molecule has 5 nitrogen and oxygen atoms in total. The smallest absolute Gasteiger partial charge is 0.148 e. The summed E-state index contributed by atoms with van der Waals surface area (Å²) in [5.41, 5.74) is 7.29. The van der Waals surface area contributed by atoms with E-state index < -0.39 is 9.84 Å². The van der Waals surface area contributed by atoms with Crippen molar-refractivity contribution in [3.63, 3.8) is 0 Å². The zero-order chi connectivity index (χ0) is 16.0. The minimum absolute atomic E-state index is 0.0353. The van der Waals surface area contributed by atoms with Crippen LogP contribution in [0.3, 0.4) is 0 Å². The number of rotatable bonds is 8. The molecule has 120 valence electrons. The summed E-state index contributed by atoms with van der Waals surface area (Å²) in [6.45, 7) is 2.48. The normalized spacial score (nSPS) is 15.0. The van der Waals surface area contributed by atoms with E-state index in [-0.39, 0.29) is 17.8 Å². The summed E-state index contributed by atoms with van der Waals surface area (Å²) in [7, 11) is 0.546. The summed E-state index contributed by atoms with van der Waals surface area (Å²) in [6.07, 6.45) is 2.06. The molecule has 0 aliphatic heterocycles. The molecule has 0 fully saturated rings. The summed E-state index contributed by atoms with van der Waals surface area (Å²) < 4.78 is 28.0. The lowest BCUT2D eigenvalue weighted by Crippen LogP contribution is -2.40. The highest BCUT2D eigenvalue weighted by Gasteiger charge is 2.24. The molecular formula is C15H26N2O3S. The van der Waals surface area contributed by atoms with E-state index in [2.05, 4.69) is 0 Å². The van der Waals surface area contributed by atoms with Crippen LogP contribution in [0.5, 0.6) is 5.75 Å². The van der Waals surface area contributed by atoms with Crippen molar-refractivity contribution in [2.45, 2.75) is 25.4 Å². The van der Waals surface area contributed by atoms with Gasteiger partial charge in [-0.3, -0.25) is 4.90 Å². The van der Waals surface area contributed by atoms with E-state index >= 15 is 0 Å². The minimum Gasteiger partial charge on any atom is -0.497 e. The van der Waals surface area contributed by atoms with Gasteiger partial charge in [0.1, 0.15) is 15.6 Å². The number of ether oxygens (including phenoxy) is 1. The molecule has 0 saturated heterocycles. The summed E-state index contributed by atoms with van der Waals surface area (Å²) in [5.74, 6) is 0.901. The lowest BCUT2D eigenvalue weighted by Gasteiger charge is -2.32. The highest BCUT2D eigenvalue weighted by molar-refractivity contribution is 7.90. The average Bonchev–Trinajstić information content (AvgIpc) is 2.44. The lowest BCUT2D eigenvalue weighted by molar-refractivity contribution is 0.220. The van der Waals surface area contributed by atoms with Crippen LogP contribution in [0.15, 0.2) is 24.3 Å². The van der Waals surface area contributed by atoms with Gasteiger partial charge >= 0.3 is 0 Å². The molecule has 0 bridgehead atoms. The molecule has 1 aromatic rings. The van der Waals surface area contributed by atoms with E-state index in [0.717, 1.165) is 17.7 Å². The maximum Gasteiger partial charge on any atom is 0.148 e. The second-order valence-electron chi connectivity index (χ2n) is 5.40. The molecule has 1 rings (SSSR count). The van der Waals surface area contributed by atoms with Crippen LogP contribution in [-0.2, 0) is 9.84 Å². The lowest BCUT2D eigenvalue weighted by atomic mass is 9.96. The predicted octanol–water partition coefficient (Wildman–Crippen LogP) is 1.45. The van der Waals surface area contributed by atoms with E-state index in [1.807, 2.05) is 43.1 Å². The first-order chi connectivity index (χ1) is 9.78. The Bertz CT molecular complexity index is 546. The Hall–Kier alpha value is -1.11. The summed E-state index contributed by atoms with van der Waals surface area (Å²) in [6, 6.07) is 7.66. The van der Waals surface area contributed by atoms with E-state index in [0.29, 0.717) is 6.54 Å². The number of hydrogen-bond donors (Lipinski definition) is 1. The van der Waals surface area contributed by atoms with Gasteiger partial charge in [0.25, 0.3) is 0 Å². The third kappa shape index (κ3) is 5.65. The highest BCUT2D eigenvalue weighted by atomic mass is 32.2. The first-order valence-corrected chi connectivity index (χ1v) is 9.12. The topological polar surface area (TPSA) is 72.6 Å². The molecule has 0 saturated carbocycles. The van der Waals surface area contributed by atoms with E-state index in [4.69, 9.17) is 10.5 Å². The van der Waals surface area contributed by atoms with Crippen LogP contribution in [0, 0.1) is 0 Å². The van der Waals surface area contributed by atoms with Gasteiger partial charge in [-0.1, -0.05) is 19.1 Å². The minimum atomic E-state index is -2.99. The van der Waals surface area contributed by atoms with Crippen molar-refractivity contribution in [1.82, 2.24) is 4.90 Å². The fourth-order valence-electron chi connectivity index (χ4n) is 2.33. The molecule has 21 heavy (non-hydrogen) atoms. The van der Waals surface area contributed by atoms with Crippen LogP contribution in [-0.4, -0.2) is 52.1 Å². The number of methoxy groups -OCH3 is 1. The van der Waals surface area contributed by atoms with Crippen LogP contribution in [0.4, 0.5) is 0 Å². The Kier molecular flexibility index (Phi) is 6.64. The average molecular weight is 314 g/mol. The van der Waals surface area contributed by atoms with Gasteiger partial charge in [0, 0.05) is 24.9 Å². The Labute approximate surface area is 128 Å². The predicted molar refractivity (Wildman–Crippen MR) is 86.3 cm³/mol. The van der Waals surface area contributed by atoms with Gasteiger partial charge < -0.3 is 10.5 Å².